The van der Waals surface area contributed by atoms with Crippen LogP contribution in [0.4, 0.5) is 5.69 Å². The maximum atomic E-state index is 11.6. The van der Waals surface area contributed by atoms with Crippen molar-refractivity contribution in [3.8, 4) is 0 Å². The van der Waals surface area contributed by atoms with E-state index < -0.39 is 4.92 Å². The highest BCUT2D eigenvalue weighted by Gasteiger charge is 2.18. The van der Waals surface area contributed by atoms with Gasteiger partial charge in [-0.2, -0.15) is 0 Å². The molecule has 1 saturated heterocycles. The van der Waals surface area contributed by atoms with Crippen molar-refractivity contribution < 1.29 is 9.66 Å². The number of rotatable bonds is 2. The number of ether oxygens (including phenoxy) is 1. The molecule has 1 aliphatic rings. The van der Waals surface area contributed by atoms with Crippen molar-refractivity contribution in [1.29, 1.82) is 0 Å². The summed E-state index contributed by atoms with van der Waals surface area (Å²) >= 11 is 0. The van der Waals surface area contributed by atoms with Gasteiger partial charge in [-0.25, -0.2) is 0 Å². The number of aromatic nitrogens is 1. The Morgan fingerprint density at radius 2 is 2.25 bits per heavy atom. The van der Waals surface area contributed by atoms with Gasteiger partial charge in [0.1, 0.15) is 6.23 Å². The normalized spacial score (nSPS) is 20.6. The van der Waals surface area contributed by atoms with Gasteiger partial charge in [0, 0.05) is 18.7 Å². The molecule has 1 fully saturated rings. The van der Waals surface area contributed by atoms with E-state index in [0.29, 0.717) is 6.61 Å². The summed E-state index contributed by atoms with van der Waals surface area (Å²) < 4.78 is 6.72. The van der Waals surface area contributed by atoms with Gasteiger partial charge in [-0.15, -0.1) is 0 Å². The minimum Gasteiger partial charge on any atom is -0.358 e. The van der Waals surface area contributed by atoms with Gasteiger partial charge in [-0.1, -0.05) is 0 Å². The highest BCUT2D eigenvalue weighted by Crippen LogP contribution is 2.22. The lowest BCUT2D eigenvalue weighted by molar-refractivity contribution is -0.385. The maximum absolute atomic E-state index is 11.6. The van der Waals surface area contributed by atoms with Crippen LogP contribution in [-0.2, 0) is 4.74 Å². The molecule has 1 aliphatic heterocycles. The monoisotopic (exact) mass is 224 g/mol. The molecule has 6 nitrogen and oxygen atoms in total. The lowest BCUT2D eigenvalue weighted by Gasteiger charge is -2.24. The first-order valence-electron chi connectivity index (χ1n) is 5.16. The number of hydrogen-bond acceptors (Lipinski definition) is 4. The molecule has 0 aromatic carbocycles. The Labute approximate surface area is 91.6 Å². The van der Waals surface area contributed by atoms with Crippen molar-refractivity contribution in [2.45, 2.75) is 25.5 Å². The van der Waals surface area contributed by atoms with E-state index in [1.165, 1.54) is 22.9 Å². The van der Waals surface area contributed by atoms with Crippen LogP contribution in [0.2, 0.25) is 0 Å². The second-order valence-corrected chi connectivity index (χ2v) is 3.71. The molecular formula is C10H12N2O4. The average Bonchev–Trinajstić information content (AvgIpc) is 2.30. The van der Waals surface area contributed by atoms with Gasteiger partial charge in [0.05, 0.1) is 11.1 Å². The van der Waals surface area contributed by atoms with Crippen molar-refractivity contribution in [1.82, 2.24) is 4.57 Å². The minimum atomic E-state index is -0.515. The lowest BCUT2D eigenvalue weighted by Crippen LogP contribution is -2.28. The van der Waals surface area contributed by atoms with Crippen LogP contribution < -0.4 is 5.56 Å². The van der Waals surface area contributed by atoms with E-state index in [1.54, 1.807) is 0 Å². The molecule has 6 heteroatoms. The molecular weight excluding hydrogens is 212 g/mol. The van der Waals surface area contributed by atoms with Gasteiger partial charge in [-0.3, -0.25) is 19.5 Å². The molecule has 0 N–H and O–H groups in total. The fourth-order valence-electron chi connectivity index (χ4n) is 1.77. The highest BCUT2D eigenvalue weighted by atomic mass is 16.6. The van der Waals surface area contributed by atoms with Gasteiger partial charge < -0.3 is 4.74 Å². The summed E-state index contributed by atoms with van der Waals surface area (Å²) in [5.41, 5.74) is -0.355. The molecule has 0 bridgehead atoms. The van der Waals surface area contributed by atoms with Crippen LogP contribution in [0.1, 0.15) is 25.5 Å². The third-order valence-corrected chi connectivity index (χ3v) is 2.60. The SMILES string of the molecule is O=c1ccc([N+](=O)[O-])cn1[C@H]1CCCCO1. The van der Waals surface area contributed by atoms with Crippen LogP contribution in [0, 0.1) is 10.1 Å². The van der Waals surface area contributed by atoms with E-state index in [9.17, 15) is 14.9 Å². The molecule has 0 amide bonds. The summed E-state index contributed by atoms with van der Waals surface area (Å²) in [6.07, 6.45) is 3.56. The van der Waals surface area contributed by atoms with Gasteiger partial charge >= 0.3 is 0 Å². The lowest BCUT2D eigenvalue weighted by atomic mass is 10.2. The smallest absolute Gasteiger partial charge is 0.285 e. The summed E-state index contributed by atoms with van der Waals surface area (Å²) in [6, 6.07) is 2.41. The summed E-state index contributed by atoms with van der Waals surface area (Å²) in [5, 5.41) is 10.6. The third kappa shape index (κ3) is 2.11. The van der Waals surface area contributed by atoms with Crippen molar-refractivity contribution in [2.24, 2.45) is 0 Å². The Bertz CT molecular complexity index is 448. The highest BCUT2D eigenvalue weighted by molar-refractivity contribution is 5.25. The zero-order valence-electron chi connectivity index (χ0n) is 8.67. The molecule has 16 heavy (non-hydrogen) atoms. The second-order valence-electron chi connectivity index (χ2n) is 3.71. The molecule has 0 spiro atoms. The topological polar surface area (TPSA) is 74.4 Å². The largest absolute Gasteiger partial charge is 0.358 e. The quantitative estimate of drug-likeness (QED) is 0.563. The Morgan fingerprint density at radius 3 is 2.88 bits per heavy atom. The Balaban J connectivity index is 2.34. The van der Waals surface area contributed by atoms with Crippen LogP contribution in [-0.4, -0.2) is 16.1 Å². The van der Waals surface area contributed by atoms with Crippen molar-refractivity contribution in [2.75, 3.05) is 6.61 Å². The molecule has 86 valence electrons. The Morgan fingerprint density at radius 1 is 1.44 bits per heavy atom. The first kappa shape index (κ1) is 10.8. The summed E-state index contributed by atoms with van der Waals surface area (Å²) in [6.45, 7) is 0.597. The summed E-state index contributed by atoms with van der Waals surface area (Å²) in [4.78, 5) is 21.6. The number of nitro groups is 1. The van der Waals surface area contributed by atoms with E-state index in [1.807, 2.05) is 0 Å². The van der Waals surface area contributed by atoms with Gasteiger partial charge in [0.2, 0.25) is 0 Å². The van der Waals surface area contributed by atoms with Crippen LogP contribution in [0.5, 0.6) is 0 Å². The molecule has 2 heterocycles. The predicted molar refractivity (Wildman–Crippen MR) is 56.2 cm³/mol. The van der Waals surface area contributed by atoms with Gasteiger partial charge in [0.15, 0.2) is 0 Å². The van der Waals surface area contributed by atoms with Crippen molar-refractivity contribution >= 4 is 5.69 Å². The maximum Gasteiger partial charge on any atom is 0.285 e. The van der Waals surface area contributed by atoms with E-state index in [4.69, 9.17) is 4.74 Å². The van der Waals surface area contributed by atoms with E-state index >= 15 is 0 Å². The fourth-order valence-corrected chi connectivity index (χ4v) is 1.77. The Kier molecular flexibility index (Phi) is 3.00. The second kappa shape index (κ2) is 4.44. The number of pyridine rings is 1. The third-order valence-electron chi connectivity index (χ3n) is 2.60. The first-order valence-corrected chi connectivity index (χ1v) is 5.16. The Hall–Kier alpha value is -1.69. The molecule has 0 radical (unpaired) electrons. The van der Waals surface area contributed by atoms with E-state index in [-0.39, 0.29) is 17.5 Å². The number of nitrogens with zero attached hydrogens (tertiary/aromatic N) is 2. The molecule has 1 aromatic rings. The first-order chi connectivity index (χ1) is 7.68. The van der Waals surface area contributed by atoms with Crippen LogP contribution >= 0.6 is 0 Å². The van der Waals surface area contributed by atoms with Gasteiger partial charge in [0.25, 0.3) is 11.2 Å². The predicted octanol–water partition coefficient (Wildman–Crippen LogP) is 1.46. The van der Waals surface area contributed by atoms with Crippen LogP contribution in [0.25, 0.3) is 0 Å². The molecule has 1 atom stereocenters. The van der Waals surface area contributed by atoms with E-state index in [2.05, 4.69) is 0 Å². The standard InChI is InChI=1S/C10H12N2O4/c13-9-5-4-8(12(14)15)7-11(9)10-3-1-2-6-16-10/h4-5,7,10H,1-3,6H2/t10-/m1/s1. The number of hydrogen-bond donors (Lipinski definition) is 0. The summed E-state index contributed by atoms with van der Waals surface area (Å²) in [5.74, 6) is 0. The molecule has 2 rings (SSSR count). The van der Waals surface area contributed by atoms with Crippen molar-refractivity contribution in [3.63, 3.8) is 0 Å². The zero-order valence-corrected chi connectivity index (χ0v) is 8.67. The fraction of sp³-hybridized carbons (Fsp3) is 0.500. The molecule has 0 unspecified atom stereocenters. The van der Waals surface area contributed by atoms with Crippen LogP contribution in [0.3, 0.4) is 0 Å². The van der Waals surface area contributed by atoms with Crippen LogP contribution in [0.15, 0.2) is 23.1 Å². The van der Waals surface area contributed by atoms with E-state index in [0.717, 1.165) is 19.3 Å². The average molecular weight is 224 g/mol. The molecule has 1 aromatic heterocycles. The summed E-state index contributed by atoms with van der Waals surface area (Å²) in [7, 11) is 0. The minimum absolute atomic E-state index is 0.0891. The molecule has 0 saturated carbocycles. The van der Waals surface area contributed by atoms with Gasteiger partial charge in [-0.05, 0) is 19.3 Å². The molecule has 0 aliphatic carbocycles. The zero-order chi connectivity index (χ0) is 11.5. The van der Waals surface area contributed by atoms with Crippen molar-refractivity contribution in [3.05, 3.63) is 38.8 Å².